The van der Waals surface area contributed by atoms with Gasteiger partial charge in [-0.25, -0.2) is 0 Å². The maximum absolute atomic E-state index is 11.5. The van der Waals surface area contributed by atoms with E-state index in [1.165, 1.54) is 14.0 Å². The van der Waals surface area contributed by atoms with Crippen molar-refractivity contribution >= 4 is 17.7 Å². The SMILES string of the molecule is COC(=O)C1CC(=O)C(NC(C)=O)=C(O)C1. The molecule has 6 nitrogen and oxygen atoms in total. The molecule has 0 fully saturated rings. The summed E-state index contributed by atoms with van der Waals surface area (Å²) in [5, 5.41) is 11.8. The van der Waals surface area contributed by atoms with Crippen LogP contribution in [0.15, 0.2) is 11.5 Å². The normalized spacial score (nSPS) is 20.6. The highest BCUT2D eigenvalue weighted by atomic mass is 16.5. The Morgan fingerprint density at radius 3 is 2.50 bits per heavy atom. The number of amides is 1. The molecule has 88 valence electrons. The molecule has 1 aliphatic carbocycles. The molecule has 0 aromatic carbocycles. The van der Waals surface area contributed by atoms with Gasteiger partial charge in [-0.2, -0.15) is 0 Å². The van der Waals surface area contributed by atoms with E-state index in [-0.39, 0.29) is 24.3 Å². The van der Waals surface area contributed by atoms with Crippen molar-refractivity contribution in [3.8, 4) is 0 Å². The smallest absolute Gasteiger partial charge is 0.309 e. The minimum atomic E-state index is -0.671. The number of aliphatic hydroxyl groups is 1. The summed E-state index contributed by atoms with van der Waals surface area (Å²) in [6.45, 7) is 1.24. The number of carbonyl (C=O) groups is 3. The minimum Gasteiger partial charge on any atom is -0.510 e. The number of esters is 1. The molecule has 0 saturated heterocycles. The molecule has 0 saturated carbocycles. The Morgan fingerprint density at radius 2 is 2.06 bits per heavy atom. The van der Waals surface area contributed by atoms with Crippen molar-refractivity contribution in [2.45, 2.75) is 19.8 Å². The van der Waals surface area contributed by atoms with Crippen LogP contribution in [0, 0.1) is 5.92 Å². The fourth-order valence-corrected chi connectivity index (χ4v) is 1.55. The third-order valence-corrected chi connectivity index (χ3v) is 2.27. The van der Waals surface area contributed by atoms with Crippen LogP contribution in [0.4, 0.5) is 0 Å². The molecule has 1 aliphatic rings. The molecule has 0 heterocycles. The molecule has 1 rings (SSSR count). The number of carbonyl (C=O) groups excluding carboxylic acids is 3. The highest BCUT2D eigenvalue weighted by molar-refractivity contribution is 6.01. The third kappa shape index (κ3) is 2.59. The molecular weight excluding hydrogens is 214 g/mol. The Morgan fingerprint density at radius 1 is 1.44 bits per heavy atom. The van der Waals surface area contributed by atoms with Crippen molar-refractivity contribution in [3.05, 3.63) is 11.5 Å². The van der Waals surface area contributed by atoms with Gasteiger partial charge in [0.1, 0.15) is 11.5 Å². The average Bonchev–Trinajstić information content (AvgIpc) is 2.21. The second kappa shape index (κ2) is 4.78. The Balaban J connectivity index is 2.85. The van der Waals surface area contributed by atoms with Gasteiger partial charge in [-0.05, 0) is 0 Å². The van der Waals surface area contributed by atoms with E-state index in [0.717, 1.165) is 0 Å². The molecule has 6 heteroatoms. The van der Waals surface area contributed by atoms with Gasteiger partial charge in [0.2, 0.25) is 5.91 Å². The Labute approximate surface area is 92.3 Å². The number of nitrogens with one attached hydrogen (secondary N) is 1. The summed E-state index contributed by atoms with van der Waals surface area (Å²) in [7, 11) is 1.22. The van der Waals surface area contributed by atoms with E-state index in [1.54, 1.807) is 0 Å². The van der Waals surface area contributed by atoms with Crippen molar-refractivity contribution in [2.75, 3.05) is 7.11 Å². The van der Waals surface area contributed by atoms with Crippen LogP contribution < -0.4 is 5.32 Å². The molecule has 1 amide bonds. The van der Waals surface area contributed by atoms with Gasteiger partial charge in [0.05, 0.1) is 13.0 Å². The summed E-state index contributed by atoms with van der Waals surface area (Å²) in [4.78, 5) is 33.5. The molecule has 1 unspecified atom stereocenters. The summed E-state index contributed by atoms with van der Waals surface area (Å²) in [5.41, 5.74) is -0.118. The first-order valence-electron chi connectivity index (χ1n) is 4.76. The highest BCUT2D eigenvalue weighted by Crippen LogP contribution is 2.25. The number of ether oxygens (including phenoxy) is 1. The Kier molecular flexibility index (Phi) is 3.65. The molecular formula is C10H13NO5. The summed E-state index contributed by atoms with van der Waals surface area (Å²) < 4.78 is 4.49. The molecule has 0 bridgehead atoms. The number of hydrogen-bond donors (Lipinski definition) is 2. The van der Waals surface area contributed by atoms with Crippen LogP contribution >= 0.6 is 0 Å². The van der Waals surface area contributed by atoms with E-state index in [9.17, 15) is 19.5 Å². The number of ketones is 1. The molecule has 0 spiro atoms. The first-order chi connectivity index (χ1) is 7.45. The van der Waals surface area contributed by atoms with Gasteiger partial charge < -0.3 is 15.2 Å². The monoisotopic (exact) mass is 227 g/mol. The summed E-state index contributed by atoms with van der Waals surface area (Å²) in [5.74, 6) is -2.39. The first-order valence-corrected chi connectivity index (χ1v) is 4.76. The van der Waals surface area contributed by atoms with Gasteiger partial charge in [0.25, 0.3) is 0 Å². The van der Waals surface area contributed by atoms with Gasteiger partial charge >= 0.3 is 5.97 Å². The van der Waals surface area contributed by atoms with E-state index >= 15 is 0 Å². The average molecular weight is 227 g/mol. The first kappa shape index (κ1) is 12.2. The van der Waals surface area contributed by atoms with Crippen LogP contribution in [-0.2, 0) is 19.1 Å². The predicted molar refractivity (Wildman–Crippen MR) is 53.2 cm³/mol. The fourth-order valence-electron chi connectivity index (χ4n) is 1.55. The van der Waals surface area contributed by atoms with E-state index in [4.69, 9.17) is 0 Å². The Hall–Kier alpha value is -1.85. The molecule has 0 aromatic rings. The molecule has 1 atom stereocenters. The highest BCUT2D eigenvalue weighted by Gasteiger charge is 2.32. The van der Waals surface area contributed by atoms with Crippen LogP contribution in [0.5, 0.6) is 0 Å². The van der Waals surface area contributed by atoms with Gasteiger partial charge in [0, 0.05) is 19.8 Å². The lowest BCUT2D eigenvalue weighted by atomic mass is 9.90. The number of Topliss-reactive ketones (excluding diaryl/α,β-unsaturated/α-hetero) is 1. The summed E-state index contributed by atoms with van der Waals surface area (Å²) in [6.07, 6.45) is -0.0552. The van der Waals surface area contributed by atoms with E-state index in [1.807, 2.05) is 0 Å². The zero-order valence-corrected chi connectivity index (χ0v) is 9.07. The van der Waals surface area contributed by atoms with Crippen LogP contribution in [-0.4, -0.2) is 29.9 Å². The maximum atomic E-state index is 11.5. The minimum absolute atomic E-state index is 0.00796. The lowest BCUT2D eigenvalue weighted by molar-refractivity contribution is -0.147. The molecule has 0 aromatic heterocycles. The number of allylic oxidation sites excluding steroid dienone is 2. The molecule has 0 radical (unpaired) electrons. The van der Waals surface area contributed by atoms with Crippen molar-refractivity contribution in [3.63, 3.8) is 0 Å². The molecule has 0 aliphatic heterocycles. The topological polar surface area (TPSA) is 92.7 Å². The second-order valence-electron chi connectivity index (χ2n) is 3.55. The van der Waals surface area contributed by atoms with Gasteiger partial charge in [-0.1, -0.05) is 0 Å². The van der Waals surface area contributed by atoms with E-state index in [0.29, 0.717) is 0 Å². The lowest BCUT2D eigenvalue weighted by Gasteiger charge is -2.21. The summed E-state index contributed by atoms with van der Waals surface area (Å²) >= 11 is 0. The van der Waals surface area contributed by atoms with E-state index < -0.39 is 23.6 Å². The van der Waals surface area contributed by atoms with Crippen LogP contribution in [0.1, 0.15) is 19.8 Å². The molecule has 2 N–H and O–H groups in total. The van der Waals surface area contributed by atoms with Crippen molar-refractivity contribution < 1.29 is 24.2 Å². The number of methoxy groups -OCH3 is 1. The van der Waals surface area contributed by atoms with Gasteiger partial charge in [-0.15, -0.1) is 0 Å². The quantitative estimate of drug-likeness (QED) is 0.650. The largest absolute Gasteiger partial charge is 0.510 e. The van der Waals surface area contributed by atoms with Crippen LogP contribution in [0.25, 0.3) is 0 Å². The standard InChI is InChI=1S/C10H13NO5/c1-5(12)11-9-7(13)3-6(4-8(9)14)10(15)16-2/h6,13H,3-4H2,1-2H3,(H,11,12). The van der Waals surface area contributed by atoms with Crippen LogP contribution in [0.3, 0.4) is 0 Å². The Bertz CT molecular complexity index is 371. The maximum Gasteiger partial charge on any atom is 0.309 e. The van der Waals surface area contributed by atoms with Crippen LogP contribution in [0.2, 0.25) is 0 Å². The number of aliphatic hydroxyl groups excluding tert-OH is 1. The zero-order chi connectivity index (χ0) is 12.3. The second-order valence-corrected chi connectivity index (χ2v) is 3.55. The number of hydrogen-bond acceptors (Lipinski definition) is 5. The third-order valence-electron chi connectivity index (χ3n) is 2.27. The lowest BCUT2D eigenvalue weighted by Crippen LogP contribution is -2.34. The summed E-state index contributed by atoms with van der Waals surface area (Å²) in [6, 6.07) is 0. The predicted octanol–water partition coefficient (Wildman–Crippen LogP) is 0.0442. The van der Waals surface area contributed by atoms with Crippen molar-refractivity contribution in [2.24, 2.45) is 5.92 Å². The van der Waals surface area contributed by atoms with Crippen molar-refractivity contribution in [1.82, 2.24) is 5.32 Å². The molecule has 16 heavy (non-hydrogen) atoms. The number of rotatable bonds is 2. The van der Waals surface area contributed by atoms with Crippen molar-refractivity contribution in [1.29, 1.82) is 0 Å². The zero-order valence-electron chi connectivity index (χ0n) is 9.07. The van der Waals surface area contributed by atoms with Gasteiger partial charge in [-0.3, -0.25) is 14.4 Å². The van der Waals surface area contributed by atoms with Gasteiger partial charge in [0.15, 0.2) is 5.78 Å². The fraction of sp³-hybridized carbons (Fsp3) is 0.500. The van der Waals surface area contributed by atoms with E-state index in [2.05, 4.69) is 10.1 Å².